The second kappa shape index (κ2) is 7.71. The van der Waals surface area contributed by atoms with Crippen LogP contribution in [0.15, 0.2) is 34.2 Å². The van der Waals surface area contributed by atoms with Crippen LogP contribution in [-0.2, 0) is 10.0 Å². The summed E-state index contributed by atoms with van der Waals surface area (Å²) in [6, 6.07) is 6.21. The first-order valence-electron chi connectivity index (χ1n) is 6.15. The van der Waals surface area contributed by atoms with Crippen molar-refractivity contribution >= 4 is 16.0 Å². The zero-order valence-corrected chi connectivity index (χ0v) is 12.2. The summed E-state index contributed by atoms with van der Waals surface area (Å²) in [6.07, 6.45) is 1.37. The fourth-order valence-electron chi connectivity index (χ4n) is 1.49. The molecule has 0 fully saturated rings. The number of nitrogens with two attached hydrogens (primary N) is 2. The number of guanidine groups is 1. The number of sulfonamides is 1. The lowest BCUT2D eigenvalue weighted by molar-refractivity contribution is 0.414. The van der Waals surface area contributed by atoms with E-state index in [9.17, 15) is 8.42 Å². The van der Waals surface area contributed by atoms with E-state index in [1.54, 1.807) is 12.1 Å². The summed E-state index contributed by atoms with van der Waals surface area (Å²) in [5, 5.41) is 0. The highest BCUT2D eigenvalue weighted by Gasteiger charge is 2.12. The lowest BCUT2D eigenvalue weighted by Crippen LogP contribution is -2.25. The molecule has 0 atom stereocenters. The number of ether oxygens (including phenoxy) is 1. The number of hydrogen-bond donors (Lipinski definition) is 3. The number of rotatable bonds is 8. The van der Waals surface area contributed by atoms with Crippen molar-refractivity contribution in [3.8, 4) is 5.75 Å². The molecule has 0 aliphatic rings. The van der Waals surface area contributed by atoms with E-state index in [1.165, 1.54) is 19.2 Å². The average molecular weight is 300 g/mol. The molecule has 5 N–H and O–H groups in total. The molecule has 1 aromatic carbocycles. The molecular formula is C12H20N4O3S. The van der Waals surface area contributed by atoms with Gasteiger partial charge in [0.05, 0.1) is 12.0 Å². The molecule has 0 aliphatic heterocycles. The molecule has 0 bridgehead atoms. The number of hydrogen-bond acceptors (Lipinski definition) is 4. The quantitative estimate of drug-likeness (QED) is 0.355. The maximum Gasteiger partial charge on any atom is 0.240 e. The molecule has 0 unspecified atom stereocenters. The van der Waals surface area contributed by atoms with Crippen LogP contribution in [0, 0.1) is 0 Å². The van der Waals surface area contributed by atoms with Gasteiger partial charge in [0.25, 0.3) is 0 Å². The third kappa shape index (κ3) is 5.45. The van der Waals surface area contributed by atoms with E-state index in [0.717, 1.165) is 0 Å². The topological polar surface area (TPSA) is 120 Å². The first-order chi connectivity index (χ1) is 9.45. The second-order valence-electron chi connectivity index (χ2n) is 4.09. The largest absolute Gasteiger partial charge is 0.497 e. The maximum atomic E-state index is 12.0. The minimum Gasteiger partial charge on any atom is -0.497 e. The van der Waals surface area contributed by atoms with E-state index < -0.39 is 10.0 Å². The first kappa shape index (κ1) is 16.3. The Balaban J connectivity index is 2.43. The van der Waals surface area contributed by atoms with Gasteiger partial charge < -0.3 is 16.2 Å². The van der Waals surface area contributed by atoms with E-state index >= 15 is 0 Å². The highest BCUT2D eigenvalue weighted by atomic mass is 32.2. The molecule has 1 rings (SSSR count). The van der Waals surface area contributed by atoms with E-state index in [0.29, 0.717) is 31.7 Å². The molecule has 8 heteroatoms. The zero-order valence-electron chi connectivity index (χ0n) is 11.4. The SMILES string of the molecule is COc1ccc(S(=O)(=O)NCCCCN=C(N)N)cc1. The van der Waals surface area contributed by atoms with Crippen molar-refractivity contribution in [3.63, 3.8) is 0 Å². The fraction of sp³-hybridized carbons (Fsp3) is 0.417. The van der Waals surface area contributed by atoms with Crippen molar-refractivity contribution in [1.82, 2.24) is 4.72 Å². The smallest absolute Gasteiger partial charge is 0.240 e. The first-order valence-corrected chi connectivity index (χ1v) is 7.63. The monoisotopic (exact) mass is 300 g/mol. The lowest BCUT2D eigenvalue weighted by atomic mass is 10.3. The molecule has 1 aromatic rings. The molecule has 0 heterocycles. The average Bonchev–Trinajstić information content (AvgIpc) is 2.42. The van der Waals surface area contributed by atoms with Gasteiger partial charge in [-0.3, -0.25) is 4.99 Å². The Morgan fingerprint density at radius 1 is 1.25 bits per heavy atom. The molecule has 0 radical (unpaired) electrons. The van der Waals surface area contributed by atoms with Gasteiger partial charge in [-0.1, -0.05) is 0 Å². The number of benzene rings is 1. The predicted molar refractivity (Wildman–Crippen MR) is 78.1 cm³/mol. The molecule has 0 amide bonds. The maximum absolute atomic E-state index is 12.0. The minimum atomic E-state index is -3.48. The number of nitrogens with zero attached hydrogens (tertiary/aromatic N) is 1. The molecule has 0 aromatic heterocycles. The summed E-state index contributed by atoms with van der Waals surface area (Å²) < 4.78 is 31.4. The Morgan fingerprint density at radius 2 is 1.90 bits per heavy atom. The Kier molecular flexibility index (Phi) is 6.26. The molecule has 0 saturated carbocycles. The molecular weight excluding hydrogens is 280 g/mol. The van der Waals surface area contributed by atoms with Crippen molar-refractivity contribution in [1.29, 1.82) is 0 Å². The van der Waals surface area contributed by atoms with Crippen LogP contribution in [0.25, 0.3) is 0 Å². The van der Waals surface area contributed by atoms with Gasteiger partial charge in [-0.2, -0.15) is 0 Å². The van der Waals surface area contributed by atoms with Crippen LogP contribution in [0.4, 0.5) is 0 Å². The van der Waals surface area contributed by atoms with Crippen LogP contribution in [0.3, 0.4) is 0 Å². The van der Waals surface area contributed by atoms with Gasteiger partial charge >= 0.3 is 0 Å². The summed E-state index contributed by atoms with van der Waals surface area (Å²) >= 11 is 0. The van der Waals surface area contributed by atoms with Gasteiger partial charge in [0, 0.05) is 13.1 Å². The van der Waals surface area contributed by atoms with E-state index in [4.69, 9.17) is 16.2 Å². The molecule has 20 heavy (non-hydrogen) atoms. The van der Waals surface area contributed by atoms with Gasteiger partial charge in [-0.25, -0.2) is 13.1 Å². The fourth-order valence-corrected chi connectivity index (χ4v) is 2.56. The highest BCUT2D eigenvalue weighted by Crippen LogP contribution is 2.15. The predicted octanol–water partition coefficient (Wildman–Crippen LogP) is 0.0271. The molecule has 7 nitrogen and oxygen atoms in total. The Morgan fingerprint density at radius 3 is 2.45 bits per heavy atom. The van der Waals surface area contributed by atoms with Gasteiger partial charge in [0.15, 0.2) is 5.96 Å². The van der Waals surface area contributed by atoms with Crippen LogP contribution >= 0.6 is 0 Å². The van der Waals surface area contributed by atoms with Crippen molar-refractivity contribution < 1.29 is 13.2 Å². The van der Waals surface area contributed by atoms with Crippen LogP contribution in [-0.4, -0.2) is 34.6 Å². The van der Waals surface area contributed by atoms with E-state index in [-0.39, 0.29) is 10.9 Å². The van der Waals surface area contributed by atoms with Gasteiger partial charge in [-0.05, 0) is 37.1 Å². The Labute approximate surface area is 119 Å². The van der Waals surface area contributed by atoms with E-state index in [2.05, 4.69) is 9.71 Å². The molecule has 0 spiro atoms. The summed E-state index contributed by atoms with van der Waals surface area (Å²) in [7, 11) is -1.95. The standard InChI is InChI=1S/C12H20N4O3S/c1-19-10-4-6-11(7-5-10)20(17,18)16-9-3-2-8-15-12(13)14/h4-7,16H,2-3,8-9H2,1H3,(H4,13,14,15). The van der Waals surface area contributed by atoms with E-state index in [1.807, 2.05) is 0 Å². The number of unbranched alkanes of at least 4 members (excludes halogenated alkanes) is 1. The normalized spacial score (nSPS) is 11.1. The van der Waals surface area contributed by atoms with Gasteiger partial charge in [-0.15, -0.1) is 0 Å². The van der Waals surface area contributed by atoms with Crippen molar-refractivity contribution in [2.45, 2.75) is 17.7 Å². The van der Waals surface area contributed by atoms with Crippen LogP contribution in [0.1, 0.15) is 12.8 Å². The minimum absolute atomic E-state index is 0.0452. The number of aliphatic imine (C=N–C) groups is 1. The zero-order chi connectivity index (χ0) is 15.0. The number of nitrogens with one attached hydrogen (secondary N) is 1. The third-order valence-corrected chi connectivity index (χ3v) is 4.02. The molecule has 0 aliphatic carbocycles. The van der Waals surface area contributed by atoms with Crippen LogP contribution in [0.5, 0.6) is 5.75 Å². The van der Waals surface area contributed by atoms with Crippen molar-refractivity contribution in [2.75, 3.05) is 20.2 Å². The molecule has 0 saturated heterocycles. The summed E-state index contributed by atoms with van der Waals surface area (Å²) in [5.74, 6) is 0.657. The number of methoxy groups -OCH3 is 1. The van der Waals surface area contributed by atoms with Gasteiger partial charge in [0.2, 0.25) is 10.0 Å². The summed E-state index contributed by atoms with van der Waals surface area (Å²) in [5.41, 5.74) is 10.4. The summed E-state index contributed by atoms with van der Waals surface area (Å²) in [4.78, 5) is 4.03. The van der Waals surface area contributed by atoms with Crippen LogP contribution < -0.4 is 20.9 Å². The van der Waals surface area contributed by atoms with Crippen molar-refractivity contribution in [2.24, 2.45) is 16.5 Å². The summed E-state index contributed by atoms with van der Waals surface area (Å²) in [6.45, 7) is 0.834. The van der Waals surface area contributed by atoms with Crippen LogP contribution in [0.2, 0.25) is 0 Å². The Hall–Kier alpha value is -1.80. The molecule has 112 valence electrons. The van der Waals surface area contributed by atoms with Gasteiger partial charge in [0.1, 0.15) is 5.75 Å². The third-order valence-electron chi connectivity index (χ3n) is 2.54. The van der Waals surface area contributed by atoms with Crippen molar-refractivity contribution in [3.05, 3.63) is 24.3 Å². The Bertz CT molecular complexity index is 536. The lowest BCUT2D eigenvalue weighted by Gasteiger charge is -2.07. The second-order valence-corrected chi connectivity index (χ2v) is 5.85. The highest BCUT2D eigenvalue weighted by molar-refractivity contribution is 7.89.